The number of carbonyl (C=O) groups excluding carboxylic acids is 3. The van der Waals surface area contributed by atoms with E-state index in [1.54, 1.807) is 17.1 Å². The zero-order valence-corrected chi connectivity index (χ0v) is 25.4. The summed E-state index contributed by atoms with van der Waals surface area (Å²) in [6.45, 7) is 7.91. The van der Waals surface area contributed by atoms with E-state index in [2.05, 4.69) is 18.5 Å². The Labute approximate surface area is 261 Å². The van der Waals surface area contributed by atoms with Gasteiger partial charge in [0.05, 0.1) is 24.5 Å². The fourth-order valence-electron chi connectivity index (χ4n) is 5.07. The lowest BCUT2D eigenvalue weighted by atomic mass is 9.96. The van der Waals surface area contributed by atoms with Gasteiger partial charge in [-0.25, -0.2) is 0 Å². The zero-order valence-electron chi connectivity index (χ0n) is 25.4. The predicted molar refractivity (Wildman–Crippen MR) is 173 cm³/mol. The minimum absolute atomic E-state index is 0.0126. The molecule has 3 aromatic carbocycles. The van der Waals surface area contributed by atoms with Gasteiger partial charge < -0.3 is 20.1 Å². The van der Waals surface area contributed by atoms with Crippen molar-refractivity contribution in [1.29, 1.82) is 0 Å². The highest BCUT2D eigenvalue weighted by atomic mass is 16.5. The Kier molecular flexibility index (Phi) is 14.6. The molecule has 0 unspecified atom stereocenters. The van der Waals surface area contributed by atoms with Crippen LogP contribution in [0.1, 0.15) is 36.0 Å². The molecule has 7 nitrogen and oxygen atoms in total. The summed E-state index contributed by atoms with van der Waals surface area (Å²) in [4.78, 5) is 41.7. The van der Waals surface area contributed by atoms with E-state index in [9.17, 15) is 19.5 Å². The summed E-state index contributed by atoms with van der Waals surface area (Å²) in [7, 11) is 0. The second kappa shape index (κ2) is 18.9. The molecule has 0 aliphatic rings. The molecule has 7 heteroatoms. The number of amides is 2. The first-order chi connectivity index (χ1) is 21.4. The van der Waals surface area contributed by atoms with Gasteiger partial charge in [0, 0.05) is 19.5 Å². The minimum Gasteiger partial charge on any atom is -0.463 e. The average molecular weight is 597 g/mol. The van der Waals surface area contributed by atoms with E-state index in [4.69, 9.17) is 4.74 Å². The number of nitrogens with one attached hydrogen (secondary N) is 1. The molecule has 44 heavy (non-hydrogen) atoms. The van der Waals surface area contributed by atoms with E-state index in [-0.39, 0.29) is 44.0 Å². The molecular formula is C37H44N2O5. The molecule has 0 fully saturated rings. The Hall–Kier alpha value is -4.49. The first kappa shape index (κ1) is 34.0. The number of hydrogen-bond donors (Lipinski definition) is 2. The van der Waals surface area contributed by atoms with Gasteiger partial charge in [-0.2, -0.15) is 0 Å². The van der Waals surface area contributed by atoms with Gasteiger partial charge in [0.15, 0.2) is 0 Å². The van der Waals surface area contributed by atoms with Crippen LogP contribution in [0.4, 0.5) is 0 Å². The summed E-state index contributed by atoms with van der Waals surface area (Å²) >= 11 is 0. The number of hydrogen-bond acceptors (Lipinski definition) is 5. The monoisotopic (exact) mass is 596 g/mol. The fourth-order valence-corrected chi connectivity index (χ4v) is 5.07. The van der Waals surface area contributed by atoms with E-state index in [1.165, 1.54) is 0 Å². The largest absolute Gasteiger partial charge is 0.463 e. The number of benzene rings is 3. The molecule has 0 aliphatic carbocycles. The number of aliphatic hydroxyl groups is 1. The Morgan fingerprint density at radius 3 is 1.84 bits per heavy atom. The summed E-state index contributed by atoms with van der Waals surface area (Å²) in [5.41, 5.74) is 2.95. The van der Waals surface area contributed by atoms with Crippen molar-refractivity contribution >= 4 is 17.8 Å². The maximum Gasteiger partial charge on any atom is 0.309 e. The third-order valence-corrected chi connectivity index (χ3v) is 7.39. The highest BCUT2D eigenvalue weighted by Gasteiger charge is 2.27. The third kappa shape index (κ3) is 11.7. The van der Waals surface area contributed by atoms with Crippen molar-refractivity contribution in [3.8, 4) is 0 Å². The average Bonchev–Trinajstić information content (AvgIpc) is 3.04. The Morgan fingerprint density at radius 1 is 0.773 bits per heavy atom. The number of allylic oxidation sites excluding steroid dienone is 2. The highest BCUT2D eigenvalue weighted by molar-refractivity contribution is 5.86. The lowest BCUT2D eigenvalue weighted by molar-refractivity contribution is -0.149. The first-order valence-electron chi connectivity index (χ1n) is 15.1. The Bertz CT molecular complexity index is 1310. The second-order valence-corrected chi connectivity index (χ2v) is 10.9. The van der Waals surface area contributed by atoms with Crippen molar-refractivity contribution in [2.45, 2.75) is 44.7 Å². The number of nitrogens with zero attached hydrogens (tertiary/aromatic N) is 1. The van der Waals surface area contributed by atoms with Gasteiger partial charge >= 0.3 is 5.97 Å². The summed E-state index contributed by atoms with van der Waals surface area (Å²) in [5.74, 6) is -1.96. The van der Waals surface area contributed by atoms with Crippen LogP contribution in [0, 0.1) is 11.8 Å². The molecule has 3 atom stereocenters. The number of esters is 1. The van der Waals surface area contributed by atoms with E-state index in [0.717, 1.165) is 16.7 Å². The standard InChI is InChI=1S/C37H44N2O5/c1-3-14-32(26-35(41)39(22-23-40)27-31-20-12-7-13-21-31)36(42)38-34(25-30-18-10-6-11-19-30)28-44-37(43)33(15-4-2)24-29-16-8-5-9-17-29/h3-13,16-21,32-34,40H,1-2,14-15,22-28H2,(H,38,42)/t32-,33+,34-/m1/s1. The normalized spacial score (nSPS) is 12.8. The van der Waals surface area contributed by atoms with Crippen LogP contribution in [0.2, 0.25) is 0 Å². The lowest BCUT2D eigenvalue weighted by Gasteiger charge is -2.26. The highest BCUT2D eigenvalue weighted by Crippen LogP contribution is 2.18. The number of aliphatic hydroxyl groups excluding tert-OH is 1. The molecule has 0 heterocycles. The van der Waals surface area contributed by atoms with Gasteiger partial charge in [-0.1, -0.05) is 103 Å². The smallest absolute Gasteiger partial charge is 0.309 e. The molecule has 0 aromatic heterocycles. The molecule has 3 aromatic rings. The number of rotatable bonds is 19. The van der Waals surface area contributed by atoms with Gasteiger partial charge in [0.1, 0.15) is 6.61 Å². The SMILES string of the molecule is C=CC[C@H](CC(=O)N(CCO)Cc1ccccc1)C(=O)N[C@@H](COC(=O)[C@@H](CC=C)Cc1ccccc1)Cc1ccccc1. The van der Waals surface area contributed by atoms with Gasteiger partial charge in [0.25, 0.3) is 0 Å². The van der Waals surface area contributed by atoms with Crippen LogP contribution in [0.5, 0.6) is 0 Å². The van der Waals surface area contributed by atoms with Crippen molar-refractivity contribution in [1.82, 2.24) is 10.2 Å². The minimum atomic E-state index is -0.669. The number of ether oxygens (including phenoxy) is 1. The van der Waals surface area contributed by atoms with Crippen molar-refractivity contribution in [2.24, 2.45) is 11.8 Å². The molecule has 232 valence electrons. The topological polar surface area (TPSA) is 95.9 Å². The number of carbonyl (C=O) groups is 3. The van der Waals surface area contributed by atoms with Crippen LogP contribution < -0.4 is 5.32 Å². The van der Waals surface area contributed by atoms with Gasteiger partial charge in [-0.15, -0.1) is 13.2 Å². The predicted octanol–water partition coefficient (Wildman–Crippen LogP) is 5.30. The van der Waals surface area contributed by atoms with Crippen LogP contribution >= 0.6 is 0 Å². The van der Waals surface area contributed by atoms with Crippen LogP contribution in [0.25, 0.3) is 0 Å². The zero-order chi connectivity index (χ0) is 31.6. The van der Waals surface area contributed by atoms with E-state index in [1.807, 2.05) is 91.0 Å². The third-order valence-electron chi connectivity index (χ3n) is 7.39. The first-order valence-corrected chi connectivity index (χ1v) is 15.1. The van der Waals surface area contributed by atoms with Crippen LogP contribution in [0.15, 0.2) is 116 Å². The summed E-state index contributed by atoms with van der Waals surface area (Å²) < 4.78 is 5.80. The van der Waals surface area contributed by atoms with Crippen molar-refractivity contribution < 1.29 is 24.2 Å². The van der Waals surface area contributed by atoms with E-state index in [0.29, 0.717) is 32.2 Å². The molecule has 2 amide bonds. The maximum atomic E-state index is 13.6. The van der Waals surface area contributed by atoms with Gasteiger partial charge in [-0.05, 0) is 42.4 Å². The summed E-state index contributed by atoms with van der Waals surface area (Å²) in [6, 6.07) is 28.4. The van der Waals surface area contributed by atoms with Crippen molar-refractivity contribution in [3.05, 3.63) is 133 Å². The Balaban J connectivity index is 1.70. The van der Waals surface area contributed by atoms with Gasteiger partial charge in [0.2, 0.25) is 11.8 Å². The molecule has 0 radical (unpaired) electrons. The molecule has 0 saturated carbocycles. The molecule has 0 bridgehead atoms. The Morgan fingerprint density at radius 2 is 1.30 bits per heavy atom. The summed E-state index contributed by atoms with van der Waals surface area (Å²) in [5, 5.41) is 12.6. The van der Waals surface area contributed by atoms with E-state index < -0.39 is 17.9 Å². The van der Waals surface area contributed by atoms with Crippen molar-refractivity contribution in [2.75, 3.05) is 19.8 Å². The quantitative estimate of drug-likeness (QED) is 0.145. The maximum absolute atomic E-state index is 13.6. The van der Waals surface area contributed by atoms with Crippen molar-refractivity contribution in [3.63, 3.8) is 0 Å². The lowest BCUT2D eigenvalue weighted by Crippen LogP contribution is -2.45. The van der Waals surface area contributed by atoms with Crippen LogP contribution in [-0.4, -0.2) is 53.6 Å². The second-order valence-electron chi connectivity index (χ2n) is 10.9. The molecular weight excluding hydrogens is 552 g/mol. The van der Waals surface area contributed by atoms with Crippen LogP contribution in [0.3, 0.4) is 0 Å². The summed E-state index contributed by atoms with van der Waals surface area (Å²) in [6.07, 6.45) is 5.05. The molecule has 0 aliphatic heterocycles. The molecule has 3 rings (SSSR count). The van der Waals surface area contributed by atoms with Gasteiger partial charge in [-0.3, -0.25) is 14.4 Å². The molecule has 0 spiro atoms. The van der Waals surface area contributed by atoms with Crippen LogP contribution in [-0.2, 0) is 38.5 Å². The molecule has 0 saturated heterocycles. The van der Waals surface area contributed by atoms with E-state index >= 15 is 0 Å². The fraction of sp³-hybridized carbons (Fsp3) is 0.324. The molecule has 2 N–H and O–H groups in total.